The highest BCUT2D eigenvalue weighted by atomic mass is 16.6. The van der Waals surface area contributed by atoms with Crippen LogP contribution in [0.15, 0.2) is 4.99 Å². The molecule has 7 nitrogen and oxygen atoms in total. The fourth-order valence-electron chi connectivity index (χ4n) is 1.85. The van der Waals surface area contributed by atoms with Crippen molar-refractivity contribution in [3.8, 4) is 0 Å². The molecule has 0 spiro atoms. The van der Waals surface area contributed by atoms with Gasteiger partial charge in [-0.05, 0) is 40.0 Å². The van der Waals surface area contributed by atoms with E-state index in [0.717, 1.165) is 25.9 Å². The summed E-state index contributed by atoms with van der Waals surface area (Å²) >= 11 is 0. The summed E-state index contributed by atoms with van der Waals surface area (Å²) in [6.45, 7) is 8.11. The van der Waals surface area contributed by atoms with Crippen molar-refractivity contribution in [1.29, 1.82) is 0 Å². The lowest BCUT2D eigenvalue weighted by Gasteiger charge is -2.19. The third-order valence-corrected chi connectivity index (χ3v) is 2.82. The number of hydrogen-bond acceptors (Lipinski definition) is 4. The van der Waals surface area contributed by atoms with E-state index in [1.165, 1.54) is 0 Å². The van der Waals surface area contributed by atoms with E-state index in [4.69, 9.17) is 15.2 Å². The summed E-state index contributed by atoms with van der Waals surface area (Å²) < 4.78 is 10.6. The standard InChI is InChI=1S/C14H28N4O3/c1-14(2,3)21-13(19)17-8-5-7-16-12(15)18-10-11-6-4-9-20-11/h11H,4-10H2,1-3H3,(H,17,19)(H3,15,16,18). The average molecular weight is 300 g/mol. The molecule has 0 aromatic heterocycles. The van der Waals surface area contributed by atoms with Crippen molar-refractivity contribution in [2.45, 2.75) is 51.7 Å². The highest BCUT2D eigenvalue weighted by molar-refractivity contribution is 5.77. The summed E-state index contributed by atoms with van der Waals surface area (Å²) in [5.74, 6) is 0.419. The van der Waals surface area contributed by atoms with Gasteiger partial charge in [-0.2, -0.15) is 0 Å². The van der Waals surface area contributed by atoms with Gasteiger partial charge in [0.05, 0.1) is 12.6 Å². The van der Waals surface area contributed by atoms with Gasteiger partial charge in [-0.25, -0.2) is 4.79 Å². The van der Waals surface area contributed by atoms with E-state index in [0.29, 0.717) is 25.6 Å². The average Bonchev–Trinajstić information content (AvgIpc) is 2.86. The highest BCUT2D eigenvalue weighted by Gasteiger charge is 2.15. The molecule has 122 valence electrons. The quantitative estimate of drug-likeness (QED) is 0.386. The smallest absolute Gasteiger partial charge is 0.407 e. The summed E-state index contributed by atoms with van der Waals surface area (Å²) in [7, 11) is 0. The van der Waals surface area contributed by atoms with E-state index in [1.54, 1.807) is 0 Å². The molecule has 0 radical (unpaired) electrons. The minimum absolute atomic E-state index is 0.208. The summed E-state index contributed by atoms with van der Waals surface area (Å²) in [5, 5.41) is 5.70. The lowest BCUT2D eigenvalue weighted by atomic mass is 10.2. The number of carbonyl (C=O) groups excluding carboxylic acids is 1. The molecule has 0 bridgehead atoms. The lowest BCUT2D eigenvalue weighted by Crippen LogP contribution is -2.36. The number of alkyl carbamates (subject to hydrolysis) is 1. The van der Waals surface area contributed by atoms with Gasteiger partial charge in [-0.1, -0.05) is 0 Å². The number of carbonyl (C=O) groups is 1. The maximum atomic E-state index is 11.4. The zero-order valence-electron chi connectivity index (χ0n) is 13.3. The van der Waals surface area contributed by atoms with Gasteiger partial charge in [0.15, 0.2) is 5.96 Å². The summed E-state index contributed by atoms with van der Waals surface area (Å²) in [4.78, 5) is 15.6. The predicted molar refractivity (Wildman–Crippen MR) is 82.3 cm³/mol. The van der Waals surface area contributed by atoms with Gasteiger partial charge >= 0.3 is 6.09 Å². The Balaban J connectivity index is 2.02. The molecule has 7 heteroatoms. The first kappa shape index (κ1) is 17.6. The Kier molecular flexibility index (Phi) is 7.28. The van der Waals surface area contributed by atoms with Crippen molar-refractivity contribution in [3.05, 3.63) is 0 Å². The van der Waals surface area contributed by atoms with Crippen molar-refractivity contribution in [1.82, 2.24) is 10.6 Å². The van der Waals surface area contributed by atoms with Gasteiger partial charge in [0, 0.05) is 19.7 Å². The zero-order valence-corrected chi connectivity index (χ0v) is 13.3. The van der Waals surface area contributed by atoms with Crippen molar-refractivity contribution in [2.24, 2.45) is 10.7 Å². The number of nitrogens with zero attached hydrogens (tertiary/aromatic N) is 1. The largest absolute Gasteiger partial charge is 0.444 e. The molecule has 1 amide bonds. The minimum atomic E-state index is -0.471. The van der Waals surface area contributed by atoms with Gasteiger partial charge in [0.1, 0.15) is 5.60 Å². The van der Waals surface area contributed by atoms with Crippen LogP contribution in [0.4, 0.5) is 4.79 Å². The highest BCUT2D eigenvalue weighted by Crippen LogP contribution is 2.11. The fourth-order valence-corrected chi connectivity index (χ4v) is 1.85. The number of rotatable bonds is 6. The molecule has 1 aliphatic heterocycles. The molecule has 1 unspecified atom stereocenters. The fraction of sp³-hybridized carbons (Fsp3) is 0.857. The van der Waals surface area contributed by atoms with Crippen LogP contribution >= 0.6 is 0 Å². The maximum Gasteiger partial charge on any atom is 0.407 e. The number of amides is 1. The Morgan fingerprint density at radius 1 is 1.38 bits per heavy atom. The first-order valence-corrected chi connectivity index (χ1v) is 7.49. The van der Waals surface area contributed by atoms with Crippen molar-refractivity contribution in [2.75, 3.05) is 26.2 Å². The van der Waals surface area contributed by atoms with Gasteiger partial charge in [0.25, 0.3) is 0 Å². The molecule has 1 rings (SSSR count). The molecule has 1 saturated heterocycles. The van der Waals surface area contributed by atoms with E-state index in [9.17, 15) is 4.79 Å². The molecule has 4 N–H and O–H groups in total. The van der Waals surface area contributed by atoms with Gasteiger partial charge < -0.3 is 25.8 Å². The van der Waals surface area contributed by atoms with Crippen molar-refractivity contribution < 1.29 is 14.3 Å². The van der Waals surface area contributed by atoms with E-state index < -0.39 is 11.7 Å². The van der Waals surface area contributed by atoms with Crippen LogP contribution in [0.3, 0.4) is 0 Å². The third-order valence-electron chi connectivity index (χ3n) is 2.82. The molecule has 1 aliphatic rings. The van der Waals surface area contributed by atoms with Crippen molar-refractivity contribution >= 4 is 12.1 Å². The Morgan fingerprint density at radius 2 is 2.10 bits per heavy atom. The Bertz CT molecular complexity index is 347. The van der Waals surface area contributed by atoms with Crippen LogP contribution in [0.1, 0.15) is 40.0 Å². The minimum Gasteiger partial charge on any atom is -0.444 e. The topological polar surface area (TPSA) is 98.0 Å². The third kappa shape index (κ3) is 9.12. The molecule has 0 aromatic rings. The van der Waals surface area contributed by atoms with E-state index in [-0.39, 0.29) is 6.10 Å². The monoisotopic (exact) mass is 300 g/mol. The van der Waals surface area contributed by atoms with Crippen LogP contribution in [0.25, 0.3) is 0 Å². The van der Waals surface area contributed by atoms with E-state index >= 15 is 0 Å². The van der Waals surface area contributed by atoms with Crippen LogP contribution in [0.5, 0.6) is 0 Å². The Hall–Kier alpha value is -1.50. The van der Waals surface area contributed by atoms with Crippen LogP contribution in [-0.2, 0) is 9.47 Å². The van der Waals surface area contributed by atoms with Crippen molar-refractivity contribution in [3.63, 3.8) is 0 Å². The van der Waals surface area contributed by atoms with E-state index in [2.05, 4.69) is 15.6 Å². The zero-order chi connectivity index (χ0) is 15.7. The maximum absolute atomic E-state index is 11.4. The number of hydrogen-bond donors (Lipinski definition) is 3. The lowest BCUT2D eigenvalue weighted by molar-refractivity contribution is 0.0527. The van der Waals surface area contributed by atoms with Gasteiger partial charge in [0.2, 0.25) is 0 Å². The second-order valence-electron chi connectivity index (χ2n) is 6.07. The molecule has 0 saturated carbocycles. The van der Waals surface area contributed by atoms with Crippen LogP contribution < -0.4 is 16.4 Å². The molecule has 1 heterocycles. The van der Waals surface area contributed by atoms with Gasteiger partial charge in [-0.15, -0.1) is 0 Å². The summed E-state index contributed by atoms with van der Waals surface area (Å²) in [6.07, 6.45) is 2.71. The Labute approximate surface area is 126 Å². The predicted octanol–water partition coefficient (Wildman–Crippen LogP) is 0.985. The summed E-state index contributed by atoms with van der Waals surface area (Å²) in [5.41, 5.74) is 5.28. The van der Waals surface area contributed by atoms with Crippen LogP contribution in [0.2, 0.25) is 0 Å². The second kappa shape index (κ2) is 8.71. The number of guanidine groups is 1. The van der Waals surface area contributed by atoms with Crippen LogP contribution in [0, 0.1) is 0 Å². The SMILES string of the molecule is CC(C)(C)OC(=O)NCCCNC(N)=NCC1CCCO1. The normalized spacial score (nSPS) is 19.4. The second-order valence-corrected chi connectivity index (χ2v) is 6.07. The molecule has 21 heavy (non-hydrogen) atoms. The summed E-state index contributed by atoms with van der Waals surface area (Å²) in [6, 6.07) is 0. The van der Waals surface area contributed by atoms with Crippen LogP contribution in [-0.4, -0.2) is 50.0 Å². The molecule has 1 atom stereocenters. The number of nitrogens with one attached hydrogen (secondary N) is 2. The van der Waals surface area contributed by atoms with E-state index in [1.807, 2.05) is 20.8 Å². The number of nitrogens with two attached hydrogens (primary N) is 1. The number of ether oxygens (including phenoxy) is 2. The molecule has 0 aliphatic carbocycles. The molecular weight excluding hydrogens is 272 g/mol. The molecule has 1 fully saturated rings. The number of aliphatic imine (C=N–C) groups is 1. The molecule has 0 aromatic carbocycles. The van der Waals surface area contributed by atoms with Gasteiger partial charge in [-0.3, -0.25) is 4.99 Å². The first-order chi connectivity index (χ1) is 9.87. The first-order valence-electron chi connectivity index (χ1n) is 7.49. The molecular formula is C14H28N4O3. The Morgan fingerprint density at radius 3 is 2.71 bits per heavy atom.